The summed E-state index contributed by atoms with van der Waals surface area (Å²) in [6, 6.07) is 1.38. The first-order valence-electron chi connectivity index (χ1n) is 8.58. The van der Waals surface area contributed by atoms with Crippen molar-refractivity contribution in [2.45, 2.75) is 51.5 Å². The predicted molar refractivity (Wildman–Crippen MR) is 88.8 cm³/mol. The van der Waals surface area contributed by atoms with E-state index in [1.165, 1.54) is 37.0 Å². The van der Waals surface area contributed by atoms with E-state index in [0.717, 1.165) is 12.3 Å². The molecule has 0 saturated heterocycles. The lowest BCUT2D eigenvalue weighted by Gasteiger charge is -2.23. The zero-order valence-corrected chi connectivity index (χ0v) is 14.2. The molecule has 0 spiro atoms. The van der Waals surface area contributed by atoms with Gasteiger partial charge in [0.2, 0.25) is 11.8 Å². The minimum atomic E-state index is -0.398. The second-order valence-electron chi connectivity index (χ2n) is 6.50. The van der Waals surface area contributed by atoms with Gasteiger partial charge in [0.15, 0.2) is 0 Å². The zero-order valence-electron chi connectivity index (χ0n) is 14.2. The number of nitrogens with one attached hydrogen (secondary N) is 1. The molecule has 2 amide bonds. The summed E-state index contributed by atoms with van der Waals surface area (Å²) in [6.45, 7) is 2.59. The van der Waals surface area contributed by atoms with Crippen molar-refractivity contribution >= 4 is 11.8 Å². The average Bonchev–Trinajstić information content (AvgIpc) is 3.08. The van der Waals surface area contributed by atoms with Crippen LogP contribution < -0.4 is 5.32 Å². The van der Waals surface area contributed by atoms with Gasteiger partial charge in [0.25, 0.3) is 0 Å². The summed E-state index contributed by atoms with van der Waals surface area (Å²) in [5, 5.41) is 7.00. The number of likely N-dealkylation sites (N-methyl/N-ethyl adjacent to an activating group) is 1. The van der Waals surface area contributed by atoms with Gasteiger partial charge in [-0.1, -0.05) is 32.1 Å². The number of amides is 2. The molecule has 128 valence electrons. The van der Waals surface area contributed by atoms with E-state index in [1.807, 2.05) is 0 Å². The maximum absolute atomic E-state index is 12.3. The van der Waals surface area contributed by atoms with Crippen molar-refractivity contribution in [3.8, 4) is 0 Å². The standard InChI is InChI=1S/C17H28N4O2/c1-14(21-12-6-10-19-21)17(23)20(2)13-16(22)18-11-9-15-7-4-3-5-8-15/h6,10,12,14-15H,3-5,7-9,11,13H2,1-2H3,(H,18,22). The quantitative estimate of drug-likeness (QED) is 0.835. The van der Waals surface area contributed by atoms with Gasteiger partial charge in [0.1, 0.15) is 6.04 Å². The fourth-order valence-electron chi connectivity index (χ4n) is 3.18. The Labute approximate surface area is 138 Å². The maximum Gasteiger partial charge on any atom is 0.247 e. The van der Waals surface area contributed by atoms with Crippen molar-refractivity contribution < 1.29 is 9.59 Å². The van der Waals surface area contributed by atoms with Crippen LogP contribution in [0.2, 0.25) is 0 Å². The molecular weight excluding hydrogens is 292 g/mol. The summed E-state index contributed by atoms with van der Waals surface area (Å²) in [6.07, 6.45) is 11.0. The van der Waals surface area contributed by atoms with E-state index in [2.05, 4.69) is 10.4 Å². The van der Waals surface area contributed by atoms with Crippen molar-refractivity contribution in [1.82, 2.24) is 20.0 Å². The van der Waals surface area contributed by atoms with Crippen molar-refractivity contribution in [2.75, 3.05) is 20.1 Å². The van der Waals surface area contributed by atoms with E-state index in [4.69, 9.17) is 0 Å². The topological polar surface area (TPSA) is 67.2 Å². The molecule has 6 nitrogen and oxygen atoms in total. The summed E-state index contributed by atoms with van der Waals surface area (Å²) in [5.41, 5.74) is 0. The predicted octanol–water partition coefficient (Wildman–Crippen LogP) is 1.99. The Morgan fingerprint density at radius 2 is 2.09 bits per heavy atom. The van der Waals surface area contributed by atoms with Crippen LogP contribution in [0.5, 0.6) is 0 Å². The molecule has 1 fully saturated rings. The minimum Gasteiger partial charge on any atom is -0.355 e. The molecule has 1 aromatic heterocycles. The van der Waals surface area contributed by atoms with Crippen molar-refractivity contribution in [1.29, 1.82) is 0 Å². The van der Waals surface area contributed by atoms with Gasteiger partial charge in [-0.25, -0.2) is 0 Å². The molecule has 0 aromatic carbocycles. The van der Waals surface area contributed by atoms with E-state index in [9.17, 15) is 9.59 Å². The van der Waals surface area contributed by atoms with Gasteiger partial charge in [-0.3, -0.25) is 14.3 Å². The second kappa shape index (κ2) is 8.70. The number of hydrogen-bond donors (Lipinski definition) is 1. The first-order valence-corrected chi connectivity index (χ1v) is 8.58. The Morgan fingerprint density at radius 3 is 2.74 bits per heavy atom. The Morgan fingerprint density at radius 1 is 1.35 bits per heavy atom. The summed E-state index contributed by atoms with van der Waals surface area (Å²) in [5.74, 6) is 0.545. The van der Waals surface area contributed by atoms with E-state index >= 15 is 0 Å². The van der Waals surface area contributed by atoms with Crippen LogP contribution in [0, 0.1) is 5.92 Å². The molecule has 0 radical (unpaired) electrons. The number of hydrogen-bond acceptors (Lipinski definition) is 3. The van der Waals surface area contributed by atoms with Crippen LogP contribution in [0.4, 0.5) is 0 Å². The third kappa shape index (κ3) is 5.37. The van der Waals surface area contributed by atoms with Crippen molar-refractivity contribution in [3.63, 3.8) is 0 Å². The first kappa shape index (κ1) is 17.5. The van der Waals surface area contributed by atoms with Gasteiger partial charge >= 0.3 is 0 Å². The molecular formula is C17H28N4O2. The molecule has 1 aliphatic carbocycles. The number of rotatable bonds is 7. The highest BCUT2D eigenvalue weighted by Crippen LogP contribution is 2.25. The average molecular weight is 320 g/mol. The van der Waals surface area contributed by atoms with Gasteiger partial charge < -0.3 is 10.2 Å². The third-order valence-corrected chi connectivity index (χ3v) is 4.64. The molecule has 1 aromatic rings. The third-order valence-electron chi connectivity index (χ3n) is 4.64. The van der Waals surface area contributed by atoms with Crippen LogP contribution in [0.1, 0.15) is 51.5 Å². The van der Waals surface area contributed by atoms with Gasteiger partial charge in [0.05, 0.1) is 6.54 Å². The van der Waals surface area contributed by atoms with Crippen LogP contribution in [0.15, 0.2) is 18.5 Å². The smallest absolute Gasteiger partial charge is 0.247 e. The van der Waals surface area contributed by atoms with Gasteiger partial charge in [0, 0.05) is 26.0 Å². The van der Waals surface area contributed by atoms with E-state index in [1.54, 1.807) is 37.1 Å². The summed E-state index contributed by atoms with van der Waals surface area (Å²) in [7, 11) is 1.66. The van der Waals surface area contributed by atoms with Crippen LogP contribution in [-0.4, -0.2) is 46.6 Å². The molecule has 1 N–H and O–H groups in total. The Kier molecular flexibility index (Phi) is 6.62. The molecule has 0 aliphatic heterocycles. The maximum atomic E-state index is 12.3. The molecule has 0 bridgehead atoms. The second-order valence-corrected chi connectivity index (χ2v) is 6.50. The number of aromatic nitrogens is 2. The number of carbonyl (C=O) groups excluding carboxylic acids is 2. The number of nitrogens with zero attached hydrogens (tertiary/aromatic N) is 3. The highest BCUT2D eigenvalue weighted by molar-refractivity contribution is 5.86. The summed E-state index contributed by atoms with van der Waals surface area (Å²) >= 11 is 0. The lowest BCUT2D eigenvalue weighted by atomic mass is 9.87. The Balaban J connectivity index is 1.68. The summed E-state index contributed by atoms with van der Waals surface area (Å²) in [4.78, 5) is 25.7. The molecule has 1 aliphatic rings. The fraction of sp³-hybridized carbons (Fsp3) is 0.706. The SMILES string of the molecule is CC(C(=O)N(C)CC(=O)NCCC1CCCCC1)n1cccn1. The monoisotopic (exact) mass is 320 g/mol. The first-order chi connectivity index (χ1) is 11.1. The highest BCUT2D eigenvalue weighted by Gasteiger charge is 2.21. The van der Waals surface area contributed by atoms with Crippen LogP contribution in [0.3, 0.4) is 0 Å². The van der Waals surface area contributed by atoms with Crippen LogP contribution in [-0.2, 0) is 9.59 Å². The molecule has 1 atom stereocenters. The van der Waals surface area contributed by atoms with Gasteiger partial charge in [-0.05, 0) is 25.3 Å². The Bertz CT molecular complexity index is 495. The number of carbonyl (C=O) groups is 2. The largest absolute Gasteiger partial charge is 0.355 e. The Hall–Kier alpha value is -1.85. The highest BCUT2D eigenvalue weighted by atomic mass is 16.2. The van der Waals surface area contributed by atoms with Crippen molar-refractivity contribution in [2.24, 2.45) is 5.92 Å². The van der Waals surface area contributed by atoms with Gasteiger partial charge in [-0.15, -0.1) is 0 Å². The molecule has 1 unspecified atom stereocenters. The minimum absolute atomic E-state index is 0.0924. The van der Waals surface area contributed by atoms with E-state index in [-0.39, 0.29) is 18.4 Å². The van der Waals surface area contributed by atoms with E-state index < -0.39 is 6.04 Å². The van der Waals surface area contributed by atoms with Crippen LogP contribution in [0.25, 0.3) is 0 Å². The molecule has 1 saturated carbocycles. The zero-order chi connectivity index (χ0) is 16.7. The molecule has 2 rings (SSSR count). The molecule has 1 heterocycles. The van der Waals surface area contributed by atoms with Crippen molar-refractivity contribution in [3.05, 3.63) is 18.5 Å². The molecule has 23 heavy (non-hydrogen) atoms. The molecule has 6 heteroatoms. The normalized spacial score (nSPS) is 16.8. The lowest BCUT2D eigenvalue weighted by Crippen LogP contribution is -2.41. The fourth-order valence-corrected chi connectivity index (χ4v) is 3.18. The van der Waals surface area contributed by atoms with Crippen LogP contribution >= 0.6 is 0 Å². The van der Waals surface area contributed by atoms with E-state index in [0.29, 0.717) is 6.54 Å². The summed E-state index contributed by atoms with van der Waals surface area (Å²) < 4.78 is 1.60. The lowest BCUT2D eigenvalue weighted by molar-refractivity contribution is -0.137. The van der Waals surface area contributed by atoms with Gasteiger partial charge in [-0.2, -0.15) is 5.10 Å².